The van der Waals surface area contributed by atoms with Gasteiger partial charge in [-0.1, -0.05) is 12.1 Å². The highest BCUT2D eigenvalue weighted by atomic mass is 32.1. The molecule has 0 bridgehead atoms. The van der Waals surface area contributed by atoms with Gasteiger partial charge in [-0.05, 0) is 23.8 Å². The van der Waals surface area contributed by atoms with Gasteiger partial charge in [-0.3, -0.25) is 9.80 Å². The Labute approximate surface area is 173 Å². The number of morpholine rings is 1. The number of aromatic hydroxyl groups is 1. The third-order valence-electron chi connectivity index (χ3n) is 5.65. The number of nitrogens with zero attached hydrogens (tertiary/aromatic N) is 4. The van der Waals surface area contributed by atoms with E-state index >= 15 is 0 Å². The molecule has 0 spiro atoms. The minimum atomic E-state index is -0.0459. The highest BCUT2D eigenvalue weighted by Gasteiger charge is 2.34. The van der Waals surface area contributed by atoms with Gasteiger partial charge in [0.05, 0.1) is 29.1 Å². The molecule has 2 fully saturated rings. The molecular formula is C21H25N5O2S. The molecule has 2 saturated heterocycles. The van der Waals surface area contributed by atoms with Crippen LogP contribution in [-0.4, -0.2) is 70.7 Å². The van der Waals surface area contributed by atoms with Crippen molar-refractivity contribution in [1.82, 2.24) is 25.1 Å². The van der Waals surface area contributed by atoms with E-state index in [1.54, 1.807) is 23.7 Å². The maximum atomic E-state index is 9.89. The van der Waals surface area contributed by atoms with E-state index in [1.165, 1.54) is 4.88 Å². The normalized spacial score (nSPS) is 22.7. The number of fused-ring (bicyclic) bond motifs is 1. The van der Waals surface area contributed by atoms with Gasteiger partial charge in [0.2, 0.25) is 0 Å². The monoisotopic (exact) mass is 411 g/mol. The molecule has 4 heterocycles. The Morgan fingerprint density at radius 1 is 1.17 bits per heavy atom. The SMILES string of the molecule is Oc1cccc(C2CN(C(c3cc4ncncc4s3)N3CCNCC3)CCO2)c1. The molecule has 2 unspecified atom stereocenters. The van der Waals surface area contributed by atoms with Crippen molar-refractivity contribution in [3.8, 4) is 5.75 Å². The van der Waals surface area contributed by atoms with Gasteiger partial charge in [0.25, 0.3) is 0 Å². The van der Waals surface area contributed by atoms with Crippen molar-refractivity contribution >= 4 is 21.6 Å². The van der Waals surface area contributed by atoms with Crippen molar-refractivity contribution in [1.29, 1.82) is 0 Å². The Kier molecular flexibility index (Phi) is 5.43. The first-order valence-electron chi connectivity index (χ1n) is 10.1. The third-order valence-corrected chi connectivity index (χ3v) is 6.75. The van der Waals surface area contributed by atoms with Crippen LogP contribution in [0.25, 0.3) is 10.2 Å². The maximum Gasteiger partial charge on any atom is 0.116 e. The van der Waals surface area contributed by atoms with Gasteiger partial charge in [-0.15, -0.1) is 11.3 Å². The number of ether oxygens (including phenoxy) is 1. The molecule has 7 nitrogen and oxygen atoms in total. The molecule has 2 aromatic heterocycles. The number of hydrogen-bond acceptors (Lipinski definition) is 8. The van der Waals surface area contributed by atoms with Gasteiger partial charge in [-0.2, -0.15) is 0 Å². The lowest BCUT2D eigenvalue weighted by Crippen LogP contribution is -2.52. The Hall–Kier alpha value is -2.10. The van der Waals surface area contributed by atoms with E-state index in [1.807, 2.05) is 24.4 Å². The summed E-state index contributed by atoms with van der Waals surface area (Å²) in [6.45, 7) is 6.37. The fourth-order valence-corrected chi connectivity index (χ4v) is 5.43. The van der Waals surface area contributed by atoms with Gasteiger partial charge in [0, 0.05) is 50.3 Å². The summed E-state index contributed by atoms with van der Waals surface area (Å²) < 4.78 is 7.20. The van der Waals surface area contributed by atoms with Crippen LogP contribution in [0.1, 0.15) is 22.7 Å². The van der Waals surface area contributed by atoms with E-state index in [-0.39, 0.29) is 18.0 Å². The minimum Gasteiger partial charge on any atom is -0.508 e. The van der Waals surface area contributed by atoms with E-state index in [4.69, 9.17) is 4.74 Å². The fraction of sp³-hybridized carbons (Fsp3) is 0.429. The average Bonchev–Trinajstić information content (AvgIpc) is 3.18. The van der Waals surface area contributed by atoms with Gasteiger partial charge in [0.15, 0.2) is 0 Å². The standard InChI is InChI=1S/C21H25N5O2S/c27-16-3-1-2-15(10-16)18-13-26(8-9-28-18)21(25-6-4-22-5-7-25)19-11-17-20(29-19)12-23-14-24-17/h1-3,10-12,14,18,21-22,27H,4-9,13H2. The molecule has 0 radical (unpaired) electrons. The van der Waals surface area contributed by atoms with Crippen molar-refractivity contribution in [3.05, 3.63) is 53.3 Å². The summed E-state index contributed by atoms with van der Waals surface area (Å²) in [4.78, 5) is 15.0. The second kappa shape index (κ2) is 8.33. The lowest BCUT2D eigenvalue weighted by Gasteiger charge is -2.44. The average molecular weight is 412 g/mol. The fourth-order valence-electron chi connectivity index (χ4n) is 4.27. The molecule has 8 heteroatoms. The minimum absolute atomic E-state index is 0.0459. The topological polar surface area (TPSA) is 73.8 Å². The van der Waals surface area contributed by atoms with Gasteiger partial charge < -0.3 is 15.2 Å². The van der Waals surface area contributed by atoms with E-state index in [9.17, 15) is 5.11 Å². The zero-order valence-electron chi connectivity index (χ0n) is 16.2. The first-order valence-corrected chi connectivity index (χ1v) is 10.9. The van der Waals surface area contributed by atoms with Crippen LogP contribution in [0.15, 0.2) is 42.9 Å². The van der Waals surface area contributed by atoms with Crippen molar-refractivity contribution in [2.75, 3.05) is 45.9 Å². The molecule has 0 aliphatic carbocycles. The van der Waals surface area contributed by atoms with Crippen LogP contribution >= 0.6 is 11.3 Å². The van der Waals surface area contributed by atoms with Crippen molar-refractivity contribution in [2.24, 2.45) is 0 Å². The van der Waals surface area contributed by atoms with Crippen molar-refractivity contribution in [2.45, 2.75) is 12.3 Å². The smallest absolute Gasteiger partial charge is 0.116 e. The molecule has 2 N–H and O–H groups in total. The molecule has 3 aromatic rings. The molecule has 0 amide bonds. The highest BCUT2D eigenvalue weighted by Crippen LogP contribution is 2.37. The van der Waals surface area contributed by atoms with Crippen LogP contribution in [0.3, 0.4) is 0 Å². The quantitative estimate of drug-likeness (QED) is 0.683. The van der Waals surface area contributed by atoms with E-state index in [2.05, 4.69) is 31.2 Å². The third kappa shape index (κ3) is 3.99. The Balaban J connectivity index is 1.46. The number of benzene rings is 1. The summed E-state index contributed by atoms with van der Waals surface area (Å²) in [6.07, 6.45) is 3.67. The van der Waals surface area contributed by atoms with Crippen LogP contribution in [0.2, 0.25) is 0 Å². The van der Waals surface area contributed by atoms with Crippen molar-refractivity contribution < 1.29 is 9.84 Å². The number of rotatable bonds is 4. The number of nitrogens with one attached hydrogen (secondary N) is 1. The van der Waals surface area contributed by atoms with Crippen LogP contribution in [0, 0.1) is 0 Å². The zero-order chi connectivity index (χ0) is 19.6. The number of phenolic OH excluding ortho intramolecular Hbond substituents is 1. The van der Waals surface area contributed by atoms with E-state index in [0.717, 1.165) is 55.0 Å². The largest absolute Gasteiger partial charge is 0.508 e. The summed E-state index contributed by atoms with van der Waals surface area (Å²) in [5.74, 6) is 0.282. The van der Waals surface area contributed by atoms with Gasteiger partial charge >= 0.3 is 0 Å². The molecule has 1 aromatic carbocycles. The number of thiophene rings is 1. The first-order chi connectivity index (χ1) is 14.3. The summed E-state index contributed by atoms with van der Waals surface area (Å²) in [5, 5.41) is 13.3. The predicted octanol–water partition coefficient (Wildman–Crippen LogP) is 2.37. The lowest BCUT2D eigenvalue weighted by molar-refractivity contribution is -0.0789. The number of hydrogen-bond donors (Lipinski definition) is 2. The number of piperazine rings is 1. The molecule has 5 rings (SSSR count). The number of phenols is 1. The molecule has 2 aliphatic heterocycles. The first kappa shape index (κ1) is 18.9. The molecular weight excluding hydrogens is 386 g/mol. The van der Waals surface area contributed by atoms with Crippen LogP contribution in [-0.2, 0) is 4.74 Å². The molecule has 29 heavy (non-hydrogen) atoms. The highest BCUT2D eigenvalue weighted by molar-refractivity contribution is 7.19. The predicted molar refractivity (Wildman–Crippen MR) is 113 cm³/mol. The molecule has 2 aliphatic rings. The van der Waals surface area contributed by atoms with Gasteiger partial charge in [0.1, 0.15) is 12.1 Å². The van der Waals surface area contributed by atoms with Crippen LogP contribution in [0.5, 0.6) is 5.75 Å². The van der Waals surface area contributed by atoms with Crippen LogP contribution < -0.4 is 5.32 Å². The molecule has 2 atom stereocenters. The second-order valence-corrected chi connectivity index (χ2v) is 8.65. The summed E-state index contributed by atoms with van der Waals surface area (Å²) >= 11 is 1.78. The van der Waals surface area contributed by atoms with Crippen molar-refractivity contribution in [3.63, 3.8) is 0 Å². The van der Waals surface area contributed by atoms with Gasteiger partial charge in [-0.25, -0.2) is 9.97 Å². The number of aromatic nitrogens is 2. The zero-order valence-corrected chi connectivity index (χ0v) is 17.0. The van der Waals surface area contributed by atoms with E-state index in [0.29, 0.717) is 6.61 Å². The summed E-state index contributed by atoms with van der Waals surface area (Å²) in [6, 6.07) is 9.64. The maximum absolute atomic E-state index is 9.89. The molecule has 0 saturated carbocycles. The van der Waals surface area contributed by atoms with Crippen LogP contribution in [0.4, 0.5) is 0 Å². The molecule has 152 valence electrons. The van der Waals surface area contributed by atoms with E-state index < -0.39 is 0 Å². The Bertz CT molecular complexity index is 941. The summed E-state index contributed by atoms with van der Waals surface area (Å²) in [5.41, 5.74) is 2.04. The Morgan fingerprint density at radius 2 is 2.07 bits per heavy atom. The summed E-state index contributed by atoms with van der Waals surface area (Å²) in [7, 11) is 0. The Morgan fingerprint density at radius 3 is 2.90 bits per heavy atom. The second-order valence-electron chi connectivity index (χ2n) is 7.53. The lowest BCUT2D eigenvalue weighted by atomic mass is 10.1.